The molecule has 0 aliphatic heterocycles. The first-order valence-corrected chi connectivity index (χ1v) is 8.06. The van der Waals surface area contributed by atoms with Crippen molar-refractivity contribution in [3.63, 3.8) is 0 Å². The largest absolute Gasteiger partial charge is 0.484 e. The third-order valence-electron chi connectivity index (χ3n) is 4.45. The summed E-state index contributed by atoms with van der Waals surface area (Å²) in [6.45, 7) is 4.57. The van der Waals surface area contributed by atoms with Gasteiger partial charge in [-0.1, -0.05) is 36.4 Å². The van der Waals surface area contributed by atoms with Crippen molar-refractivity contribution in [1.82, 2.24) is 9.88 Å². The van der Waals surface area contributed by atoms with Crippen molar-refractivity contribution in [2.24, 2.45) is 7.05 Å². The van der Waals surface area contributed by atoms with Crippen molar-refractivity contribution in [3.8, 4) is 5.75 Å². The lowest BCUT2D eigenvalue weighted by Crippen LogP contribution is -2.28. The van der Waals surface area contributed by atoms with Crippen molar-refractivity contribution in [3.05, 3.63) is 65.4 Å². The maximum atomic E-state index is 12.1. The maximum absolute atomic E-state index is 12.1. The monoisotopic (exact) mass is 322 g/mol. The molecule has 0 radical (unpaired) electrons. The van der Waals surface area contributed by atoms with Crippen molar-refractivity contribution in [2.75, 3.05) is 6.61 Å². The second-order valence-electron chi connectivity index (χ2n) is 5.97. The summed E-state index contributed by atoms with van der Waals surface area (Å²) < 4.78 is 7.75. The van der Waals surface area contributed by atoms with Crippen molar-refractivity contribution in [2.45, 2.75) is 20.4 Å². The first kappa shape index (κ1) is 16.1. The minimum absolute atomic E-state index is 0.0225. The molecule has 0 spiro atoms. The number of aromatic nitrogens is 1. The molecule has 4 heteroatoms. The highest BCUT2D eigenvalue weighted by molar-refractivity contribution is 5.86. The molecule has 124 valence electrons. The lowest BCUT2D eigenvalue weighted by molar-refractivity contribution is -0.123. The van der Waals surface area contributed by atoms with E-state index in [0.717, 1.165) is 22.6 Å². The van der Waals surface area contributed by atoms with Gasteiger partial charge >= 0.3 is 0 Å². The molecule has 0 aliphatic rings. The van der Waals surface area contributed by atoms with E-state index in [4.69, 9.17) is 4.74 Å². The molecule has 3 rings (SSSR count). The number of nitrogens with zero attached hydrogens (tertiary/aromatic N) is 1. The zero-order chi connectivity index (χ0) is 17.1. The average molecular weight is 322 g/mol. The quantitative estimate of drug-likeness (QED) is 0.781. The SMILES string of the molecule is Cc1ccccc1OCC(=O)NCc1c(C)n(C)c2ccccc12. The highest BCUT2D eigenvalue weighted by Gasteiger charge is 2.12. The first-order valence-electron chi connectivity index (χ1n) is 8.06. The Morgan fingerprint density at radius 3 is 2.58 bits per heavy atom. The number of para-hydroxylation sites is 2. The van der Waals surface area contributed by atoms with Crippen LogP contribution in [-0.4, -0.2) is 17.1 Å². The molecule has 1 aromatic heterocycles. The third kappa shape index (κ3) is 3.13. The van der Waals surface area contributed by atoms with Gasteiger partial charge in [0.15, 0.2) is 6.61 Å². The minimum Gasteiger partial charge on any atom is -0.484 e. The van der Waals surface area contributed by atoms with E-state index in [-0.39, 0.29) is 12.5 Å². The Bertz CT molecular complexity index is 880. The summed E-state index contributed by atoms with van der Waals surface area (Å²) in [6, 6.07) is 15.9. The molecular weight excluding hydrogens is 300 g/mol. The van der Waals surface area contributed by atoms with Gasteiger partial charge in [-0.3, -0.25) is 4.79 Å². The second-order valence-corrected chi connectivity index (χ2v) is 5.97. The van der Waals surface area contributed by atoms with E-state index in [9.17, 15) is 4.79 Å². The standard InChI is InChI=1S/C20H22N2O2/c1-14-8-4-7-11-19(14)24-13-20(23)21-12-17-15(2)22(3)18-10-6-5-9-16(17)18/h4-11H,12-13H2,1-3H3,(H,21,23). The summed E-state index contributed by atoms with van der Waals surface area (Å²) >= 11 is 0. The van der Waals surface area contributed by atoms with Crippen LogP contribution in [-0.2, 0) is 18.4 Å². The number of amides is 1. The minimum atomic E-state index is -0.120. The Hall–Kier alpha value is -2.75. The van der Waals surface area contributed by atoms with Gasteiger partial charge in [0.25, 0.3) is 5.91 Å². The molecule has 0 saturated carbocycles. The van der Waals surface area contributed by atoms with Gasteiger partial charge in [-0.05, 0) is 37.1 Å². The van der Waals surface area contributed by atoms with Crippen molar-refractivity contribution < 1.29 is 9.53 Å². The van der Waals surface area contributed by atoms with E-state index in [0.29, 0.717) is 6.54 Å². The molecule has 1 N–H and O–H groups in total. The van der Waals surface area contributed by atoms with Crippen LogP contribution in [0, 0.1) is 13.8 Å². The number of rotatable bonds is 5. The summed E-state index contributed by atoms with van der Waals surface area (Å²) in [5.41, 5.74) is 4.51. The van der Waals surface area contributed by atoms with Crippen LogP contribution in [0.1, 0.15) is 16.8 Å². The van der Waals surface area contributed by atoms with Gasteiger partial charge in [0, 0.05) is 30.2 Å². The van der Waals surface area contributed by atoms with Crippen LogP contribution in [0.4, 0.5) is 0 Å². The Morgan fingerprint density at radius 1 is 1.08 bits per heavy atom. The Morgan fingerprint density at radius 2 is 1.79 bits per heavy atom. The fraction of sp³-hybridized carbons (Fsp3) is 0.250. The number of carbonyl (C=O) groups is 1. The molecule has 0 fully saturated rings. The summed E-state index contributed by atoms with van der Waals surface area (Å²) in [5.74, 6) is 0.625. The highest BCUT2D eigenvalue weighted by atomic mass is 16.5. The van der Waals surface area contributed by atoms with Gasteiger partial charge in [-0.2, -0.15) is 0 Å². The fourth-order valence-corrected chi connectivity index (χ4v) is 2.92. The van der Waals surface area contributed by atoms with Crippen molar-refractivity contribution >= 4 is 16.8 Å². The van der Waals surface area contributed by atoms with Crippen LogP contribution in [0.25, 0.3) is 10.9 Å². The summed E-state index contributed by atoms with van der Waals surface area (Å²) in [6.07, 6.45) is 0. The van der Waals surface area contributed by atoms with Crippen LogP contribution in [0.5, 0.6) is 5.75 Å². The highest BCUT2D eigenvalue weighted by Crippen LogP contribution is 2.24. The van der Waals surface area contributed by atoms with Crippen LogP contribution in [0.15, 0.2) is 48.5 Å². The number of ether oxygens (including phenoxy) is 1. The van der Waals surface area contributed by atoms with E-state index < -0.39 is 0 Å². The molecule has 24 heavy (non-hydrogen) atoms. The van der Waals surface area contributed by atoms with E-state index >= 15 is 0 Å². The van der Waals surface area contributed by atoms with Gasteiger partial charge in [-0.15, -0.1) is 0 Å². The summed E-state index contributed by atoms with van der Waals surface area (Å²) in [7, 11) is 2.05. The smallest absolute Gasteiger partial charge is 0.258 e. The summed E-state index contributed by atoms with van der Waals surface area (Å²) in [4.78, 5) is 12.1. The fourth-order valence-electron chi connectivity index (χ4n) is 2.92. The van der Waals surface area contributed by atoms with Crippen LogP contribution < -0.4 is 10.1 Å². The lowest BCUT2D eigenvalue weighted by Gasteiger charge is -2.09. The molecule has 4 nitrogen and oxygen atoms in total. The number of aryl methyl sites for hydroxylation is 2. The molecule has 2 aromatic carbocycles. The van der Waals surface area contributed by atoms with Gasteiger partial charge in [0.1, 0.15) is 5.75 Å². The van der Waals surface area contributed by atoms with E-state index in [1.165, 1.54) is 10.9 Å². The van der Waals surface area contributed by atoms with Gasteiger partial charge in [-0.25, -0.2) is 0 Å². The number of benzene rings is 2. The zero-order valence-corrected chi connectivity index (χ0v) is 14.3. The van der Waals surface area contributed by atoms with E-state index in [1.54, 1.807) is 0 Å². The number of fused-ring (bicyclic) bond motifs is 1. The second kappa shape index (κ2) is 6.79. The molecule has 1 amide bonds. The predicted octanol–water partition coefficient (Wildman–Crippen LogP) is 3.49. The normalized spacial score (nSPS) is 10.8. The van der Waals surface area contributed by atoms with Crippen molar-refractivity contribution in [1.29, 1.82) is 0 Å². The molecule has 0 atom stereocenters. The van der Waals surface area contributed by atoms with E-state index in [1.807, 2.05) is 50.4 Å². The topological polar surface area (TPSA) is 43.3 Å². The third-order valence-corrected chi connectivity index (χ3v) is 4.45. The lowest BCUT2D eigenvalue weighted by atomic mass is 10.1. The average Bonchev–Trinajstić information content (AvgIpc) is 2.84. The molecule has 0 saturated heterocycles. The first-order chi connectivity index (χ1) is 11.6. The number of hydrogen-bond donors (Lipinski definition) is 1. The summed E-state index contributed by atoms with van der Waals surface area (Å²) in [5, 5.41) is 4.14. The Kier molecular flexibility index (Phi) is 4.56. The van der Waals surface area contributed by atoms with Crippen LogP contribution in [0.2, 0.25) is 0 Å². The molecule has 1 heterocycles. The van der Waals surface area contributed by atoms with E-state index in [2.05, 4.69) is 28.9 Å². The van der Waals surface area contributed by atoms with Gasteiger partial charge in [0.05, 0.1) is 0 Å². The zero-order valence-electron chi connectivity index (χ0n) is 14.3. The number of carbonyl (C=O) groups excluding carboxylic acids is 1. The van der Waals surface area contributed by atoms with Gasteiger partial charge in [0.2, 0.25) is 0 Å². The molecule has 0 unspecified atom stereocenters. The maximum Gasteiger partial charge on any atom is 0.258 e. The van der Waals surface area contributed by atoms with Gasteiger partial charge < -0.3 is 14.6 Å². The predicted molar refractivity (Wildman–Crippen MR) is 96.2 cm³/mol. The Balaban J connectivity index is 1.65. The number of nitrogens with one attached hydrogen (secondary N) is 1. The Labute approximate surface area is 142 Å². The molecule has 3 aromatic rings. The van der Waals surface area contributed by atoms with Crippen LogP contribution in [0.3, 0.4) is 0 Å². The molecule has 0 bridgehead atoms. The molecular formula is C20H22N2O2. The van der Waals surface area contributed by atoms with Crippen LogP contribution >= 0.6 is 0 Å². The number of hydrogen-bond acceptors (Lipinski definition) is 2. The molecule has 0 aliphatic carbocycles.